The highest BCUT2D eigenvalue weighted by Crippen LogP contribution is 2.24. The Morgan fingerprint density at radius 1 is 0.971 bits per heavy atom. The lowest BCUT2D eigenvalue weighted by molar-refractivity contribution is -0.384. The zero-order valence-electron chi connectivity index (χ0n) is 17.7. The quantitative estimate of drug-likeness (QED) is 0.212. The van der Waals surface area contributed by atoms with Gasteiger partial charge < -0.3 is 10.6 Å². The van der Waals surface area contributed by atoms with Gasteiger partial charge in [-0.1, -0.05) is 41.9 Å². The largest absolute Gasteiger partial charge is 0.329 e. The van der Waals surface area contributed by atoms with Crippen LogP contribution in [0.2, 0.25) is 5.02 Å². The van der Waals surface area contributed by atoms with Gasteiger partial charge in [-0.05, 0) is 42.8 Å². The minimum Gasteiger partial charge on any atom is -0.322 e. The molecule has 0 unspecified atom stereocenters. The minimum absolute atomic E-state index is 0.0457. The molecule has 0 aliphatic heterocycles. The molecule has 0 aromatic heterocycles. The van der Waals surface area contributed by atoms with Crippen molar-refractivity contribution in [1.29, 1.82) is 0 Å². The first-order valence-electron chi connectivity index (χ1n) is 9.80. The summed E-state index contributed by atoms with van der Waals surface area (Å²) in [5.74, 6) is -2.63. The van der Waals surface area contributed by atoms with Crippen molar-refractivity contribution in [3.05, 3.63) is 98.6 Å². The maximum Gasteiger partial charge on any atom is 0.329 e. The van der Waals surface area contributed by atoms with Crippen molar-refractivity contribution in [2.45, 2.75) is 6.92 Å². The Kier molecular flexibility index (Phi) is 7.67. The molecule has 0 fully saturated rings. The lowest BCUT2D eigenvalue weighted by atomic mass is 10.1. The Labute approximate surface area is 198 Å². The second-order valence-corrected chi connectivity index (χ2v) is 7.40. The van der Waals surface area contributed by atoms with Crippen molar-refractivity contribution >= 4 is 52.6 Å². The summed E-state index contributed by atoms with van der Waals surface area (Å²) >= 11 is 5.74. The van der Waals surface area contributed by atoms with Gasteiger partial charge in [-0.3, -0.25) is 24.5 Å². The molecule has 0 saturated heterocycles. The Morgan fingerprint density at radius 2 is 1.74 bits per heavy atom. The van der Waals surface area contributed by atoms with Crippen molar-refractivity contribution in [2.24, 2.45) is 5.10 Å². The number of rotatable bonds is 6. The molecule has 10 nitrogen and oxygen atoms in total. The third-order valence-electron chi connectivity index (χ3n) is 4.45. The molecule has 0 bridgehead atoms. The smallest absolute Gasteiger partial charge is 0.322 e. The van der Waals surface area contributed by atoms with E-state index in [1.54, 1.807) is 30.3 Å². The van der Waals surface area contributed by atoms with Crippen LogP contribution in [0.1, 0.15) is 21.5 Å². The number of anilines is 2. The number of halogens is 1. The number of hydrazone groups is 1. The number of nitro benzene ring substituents is 1. The van der Waals surface area contributed by atoms with Crippen LogP contribution >= 0.6 is 11.6 Å². The molecule has 0 spiro atoms. The molecule has 3 amide bonds. The van der Waals surface area contributed by atoms with Crippen LogP contribution in [0.25, 0.3) is 0 Å². The van der Waals surface area contributed by atoms with Gasteiger partial charge in [0.05, 0.1) is 22.4 Å². The standard InChI is InChI=1S/C23H18ClN5O5/c1-14-5-4-6-16(11-14)26-21(30)17-7-2-3-8-19(17)27-22(31)23(32)28-25-13-15-9-10-18(24)20(12-15)29(33)34/h2-13H,1H3,(H,26,30)(H,27,31)(H,28,32). The fourth-order valence-corrected chi connectivity index (χ4v) is 3.04. The maximum atomic E-state index is 12.7. The fourth-order valence-electron chi connectivity index (χ4n) is 2.86. The summed E-state index contributed by atoms with van der Waals surface area (Å²) in [6, 6.07) is 17.3. The van der Waals surface area contributed by atoms with Crippen LogP contribution < -0.4 is 16.1 Å². The van der Waals surface area contributed by atoms with Crippen molar-refractivity contribution < 1.29 is 19.3 Å². The topological polar surface area (TPSA) is 143 Å². The molecule has 34 heavy (non-hydrogen) atoms. The average Bonchev–Trinajstić information content (AvgIpc) is 2.80. The van der Waals surface area contributed by atoms with E-state index in [-0.39, 0.29) is 27.5 Å². The minimum atomic E-state index is -1.10. The lowest BCUT2D eigenvalue weighted by Gasteiger charge is -2.11. The van der Waals surface area contributed by atoms with Gasteiger partial charge >= 0.3 is 11.8 Å². The van der Waals surface area contributed by atoms with Gasteiger partial charge in [0.2, 0.25) is 0 Å². The highest BCUT2D eigenvalue weighted by atomic mass is 35.5. The van der Waals surface area contributed by atoms with Crippen LogP contribution in [0, 0.1) is 17.0 Å². The average molecular weight is 480 g/mol. The third kappa shape index (κ3) is 6.24. The molecule has 0 atom stereocenters. The van der Waals surface area contributed by atoms with Gasteiger partial charge in [0.1, 0.15) is 5.02 Å². The highest BCUT2D eigenvalue weighted by Gasteiger charge is 2.18. The molecular formula is C23H18ClN5O5. The van der Waals surface area contributed by atoms with E-state index in [1.807, 2.05) is 18.4 Å². The molecule has 3 aromatic rings. The second kappa shape index (κ2) is 10.8. The summed E-state index contributed by atoms with van der Waals surface area (Å²) < 4.78 is 0. The van der Waals surface area contributed by atoms with Gasteiger partial charge in [0, 0.05) is 17.3 Å². The molecule has 0 heterocycles. The molecule has 0 aliphatic rings. The number of nitrogens with zero attached hydrogens (tertiary/aromatic N) is 2. The highest BCUT2D eigenvalue weighted by molar-refractivity contribution is 6.40. The number of carbonyl (C=O) groups is 3. The number of para-hydroxylation sites is 1. The summed E-state index contributed by atoms with van der Waals surface area (Å²) in [5.41, 5.74) is 3.82. The summed E-state index contributed by atoms with van der Waals surface area (Å²) in [4.78, 5) is 47.4. The van der Waals surface area contributed by atoms with E-state index >= 15 is 0 Å². The number of hydrogen-bond donors (Lipinski definition) is 3. The van der Waals surface area contributed by atoms with E-state index in [0.717, 1.165) is 11.8 Å². The van der Waals surface area contributed by atoms with Crippen molar-refractivity contribution in [3.8, 4) is 0 Å². The van der Waals surface area contributed by atoms with Crippen LogP contribution in [-0.4, -0.2) is 28.9 Å². The summed E-state index contributed by atoms with van der Waals surface area (Å²) in [6.45, 7) is 1.89. The van der Waals surface area contributed by atoms with Crippen LogP contribution in [0.15, 0.2) is 71.8 Å². The summed E-state index contributed by atoms with van der Waals surface area (Å²) in [6.07, 6.45) is 1.12. The van der Waals surface area contributed by atoms with Crippen molar-refractivity contribution in [2.75, 3.05) is 10.6 Å². The van der Waals surface area contributed by atoms with E-state index in [2.05, 4.69) is 15.7 Å². The zero-order valence-corrected chi connectivity index (χ0v) is 18.5. The van der Waals surface area contributed by atoms with Crippen LogP contribution in [0.4, 0.5) is 17.1 Å². The third-order valence-corrected chi connectivity index (χ3v) is 4.77. The number of amides is 3. The second-order valence-electron chi connectivity index (χ2n) is 6.99. The molecule has 0 radical (unpaired) electrons. The molecular weight excluding hydrogens is 462 g/mol. The number of carbonyl (C=O) groups excluding carboxylic acids is 3. The Morgan fingerprint density at radius 3 is 2.47 bits per heavy atom. The number of nitrogens with one attached hydrogen (secondary N) is 3. The van der Waals surface area contributed by atoms with Crippen LogP contribution in [0.5, 0.6) is 0 Å². The van der Waals surface area contributed by atoms with E-state index < -0.39 is 22.6 Å². The first-order valence-corrected chi connectivity index (χ1v) is 10.2. The molecule has 172 valence electrons. The lowest BCUT2D eigenvalue weighted by Crippen LogP contribution is -2.33. The first kappa shape index (κ1) is 24.1. The van der Waals surface area contributed by atoms with Gasteiger partial charge in [0.15, 0.2) is 0 Å². The van der Waals surface area contributed by atoms with E-state index in [1.165, 1.54) is 30.3 Å². The van der Waals surface area contributed by atoms with Crippen molar-refractivity contribution in [3.63, 3.8) is 0 Å². The van der Waals surface area contributed by atoms with Crippen LogP contribution in [0.3, 0.4) is 0 Å². The predicted molar refractivity (Wildman–Crippen MR) is 128 cm³/mol. The number of aryl methyl sites for hydroxylation is 1. The Bertz CT molecular complexity index is 1310. The predicted octanol–water partition coefficient (Wildman–Crippen LogP) is 3.90. The first-order chi connectivity index (χ1) is 16.2. The van der Waals surface area contributed by atoms with E-state index in [0.29, 0.717) is 5.69 Å². The SMILES string of the molecule is Cc1cccc(NC(=O)c2ccccc2NC(=O)C(=O)NN=Cc2ccc(Cl)c([N+](=O)[O-])c2)c1. The molecule has 3 rings (SSSR count). The van der Waals surface area contributed by atoms with E-state index in [4.69, 9.17) is 11.6 Å². The van der Waals surface area contributed by atoms with Crippen LogP contribution in [-0.2, 0) is 9.59 Å². The van der Waals surface area contributed by atoms with Gasteiger partial charge in [0.25, 0.3) is 11.6 Å². The normalized spacial score (nSPS) is 10.5. The van der Waals surface area contributed by atoms with Gasteiger partial charge in [-0.2, -0.15) is 5.10 Å². The molecule has 0 saturated carbocycles. The number of nitro groups is 1. The molecule has 3 N–H and O–H groups in total. The molecule has 11 heteroatoms. The monoisotopic (exact) mass is 479 g/mol. The summed E-state index contributed by atoms with van der Waals surface area (Å²) in [5, 5.41) is 19.6. The fraction of sp³-hybridized carbons (Fsp3) is 0.0435. The van der Waals surface area contributed by atoms with Gasteiger partial charge in [-0.25, -0.2) is 5.43 Å². The number of benzene rings is 3. The van der Waals surface area contributed by atoms with E-state index in [9.17, 15) is 24.5 Å². The molecule has 0 aliphatic carbocycles. The van der Waals surface area contributed by atoms with Crippen molar-refractivity contribution in [1.82, 2.24) is 5.43 Å². The van der Waals surface area contributed by atoms with Gasteiger partial charge in [-0.15, -0.1) is 0 Å². The Balaban J connectivity index is 1.65. The Hall–Kier alpha value is -4.57. The number of hydrogen-bond acceptors (Lipinski definition) is 6. The maximum absolute atomic E-state index is 12.7. The zero-order chi connectivity index (χ0) is 24.7. The molecule has 3 aromatic carbocycles. The summed E-state index contributed by atoms with van der Waals surface area (Å²) in [7, 11) is 0.